The van der Waals surface area contributed by atoms with Crippen LogP contribution in [-0.4, -0.2) is 13.7 Å². The summed E-state index contributed by atoms with van der Waals surface area (Å²) < 4.78 is 7.25. The highest BCUT2D eigenvalue weighted by atomic mass is 15.0. The van der Waals surface area contributed by atoms with Crippen LogP contribution in [0.15, 0.2) is 188 Å². The van der Waals surface area contributed by atoms with Gasteiger partial charge in [0.15, 0.2) is 0 Å². The van der Waals surface area contributed by atoms with Gasteiger partial charge < -0.3 is 13.7 Å². The summed E-state index contributed by atoms with van der Waals surface area (Å²) in [7, 11) is 0. The number of nitrogens with zero attached hydrogens (tertiary/aromatic N) is 3. The molecule has 3 aromatic heterocycles. The van der Waals surface area contributed by atoms with Gasteiger partial charge in [-0.05, 0) is 83.9 Å². The van der Waals surface area contributed by atoms with Crippen LogP contribution in [0.3, 0.4) is 0 Å². The Hall–Kier alpha value is -6.84. The lowest BCUT2D eigenvalue weighted by Gasteiger charge is -2.12. The molecule has 11 rings (SSSR count). The third-order valence-corrected chi connectivity index (χ3v) is 10.6. The zero-order valence-corrected chi connectivity index (χ0v) is 27.7. The first-order chi connectivity index (χ1) is 25.3. The predicted molar refractivity (Wildman–Crippen MR) is 215 cm³/mol. The number of aromatic nitrogens is 3. The molecule has 3 heterocycles. The molecule has 51 heavy (non-hydrogen) atoms. The summed E-state index contributed by atoms with van der Waals surface area (Å²) >= 11 is 0. The second kappa shape index (κ2) is 10.8. The molecule has 0 unspecified atom stereocenters. The van der Waals surface area contributed by atoms with Crippen molar-refractivity contribution in [3.05, 3.63) is 188 Å². The zero-order valence-electron chi connectivity index (χ0n) is 27.7. The quantitative estimate of drug-likeness (QED) is 0.180. The Morgan fingerprint density at radius 2 is 0.686 bits per heavy atom. The van der Waals surface area contributed by atoms with Gasteiger partial charge in [0.05, 0.1) is 33.1 Å². The van der Waals surface area contributed by atoms with Crippen LogP contribution < -0.4 is 0 Å². The molecule has 11 aromatic rings. The van der Waals surface area contributed by atoms with Gasteiger partial charge in [0.25, 0.3) is 0 Å². The van der Waals surface area contributed by atoms with Crippen molar-refractivity contribution in [2.45, 2.75) is 0 Å². The van der Waals surface area contributed by atoms with Crippen molar-refractivity contribution in [2.75, 3.05) is 0 Å². The minimum absolute atomic E-state index is 1.15. The summed E-state index contributed by atoms with van der Waals surface area (Å²) in [5.41, 5.74) is 13.2. The van der Waals surface area contributed by atoms with Gasteiger partial charge in [0, 0.05) is 49.4 Å². The fraction of sp³-hybridized carbons (Fsp3) is 0. The lowest BCUT2D eigenvalue weighted by Crippen LogP contribution is -1.95. The van der Waals surface area contributed by atoms with Crippen LogP contribution in [-0.2, 0) is 0 Å². The molecule has 0 spiro atoms. The fourth-order valence-electron chi connectivity index (χ4n) is 8.49. The van der Waals surface area contributed by atoms with Gasteiger partial charge in [0.2, 0.25) is 0 Å². The summed E-state index contributed by atoms with van der Waals surface area (Å²) in [6.45, 7) is 0. The minimum Gasteiger partial charge on any atom is -0.309 e. The van der Waals surface area contributed by atoms with Crippen molar-refractivity contribution >= 4 is 65.4 Å². The summed E-state index contributed by atoms with van der Waals surface area (Å²) in [4.78, 5) is 0. The highest BCUT2D eigenvalue weighted by Crippen LogP contribution is 2.42. The van der Waals surface area contributed by atoms with Gasteiger partial charge in [-0.25, -0.2) is 0 Å². The number of benzene rings is 8. The summed E-state index contributed by atoms with van der Waals surface area (Å²) in [6, 6.07) is 68.4. The van der Waals surface area contributed by atoms with Gasteiger partial charge in [-0.1, -0.05) is 115 Å². The van der Waals surface area contributed by atoms with E-state index in [9.17, 15) is 0 Å². The number of hydrogen-bond acceptors (Lipinski definition) is 0. The molecule has 0 radical (unpaired) electrons. The molecule has 238 valence electrons. The van der Waals surface area contributed by atoms with Crippen LogP contribution >= 0.6 is 0 Å². The normalized spacial score (nSPS) is 11.9. The molecule has 0 saturated heterocycles. The molecule has 8 aromatic carbocycles. The summed E-state index contributed by atoms with van der Waals surface area (Å²) in [6.07, 6.45) is 0. The van der Waals surface area contributed by atoms with Crippen molar-refractivity contribution in [3.63, 3.8) is 0 Å². The van der Waals surface area contributed by atoms with Crippen molar-refractivity contribution in [2.24, 2.45) is 0 Å². The molecule has 3 nitrogen and oxygen atoms in total. The van der Waals surface area contributed by atoms with Crippen LogP contribution in [0.1, 0.15) is 0 Å². The van der Waals surface area contributed by atoms with E-state index in [0.717, 1.165) is 5.69 Å². The molecule has 0 aliphatic rings. The fourth-order valence-corrected chi connectivity index (χ4v) is 8.49. The van der Waals surface area contributed by atoms with Gasteiger partial charge in [-0.15, -0.1) is 0 Å². The summed E-state index contributed by atoms with van der Waals surface area (Å²) in [5.74, 6) is 0. The van der Waals surface area contributed by atoms with E-state index in [2.05, 4.69) is 202 Å². The lowest BCUT2D eigenvalue weighted by molar-refractivity contribution is 1.17. The third-order valence-electron chi connectivity index (χ3n) is 10.6. The van der Waals surface area contributed by atoms with Gasteiger partial charge in [0.1, 0.15) is 0 Å². The number of hydrogen-bond donors (Lipinski definition) is 0. The highest BCUT2D eigenvalue weighted by molar-refractivity contribution is 6.19. The maximum Gasteiger partial charge on any atom is 0.0548 e. The largest absolute Gasteiger partial charge is 0.309 e. The average Bonchev–Trinajstić information content (AvgIpc) is 3.83. The number of para-hydroxylation sites is 5. The molecule has 0 N–H and O–H groups in total. The Bertz CT molecular complexity index is 3120. The molecular formula is C48H31N3. The Morgan fingerprint density at radius 1 is 0.255 bits per heavy atom. The van der Waals surface area contributed by atoms with Crippen LogP contribution in [0.25, 0.3) is 93.6 Å². The standard InChI is InChI=1S/C48H31N3/c1-3-16-33(17-4-1)49-44-27-12-9-23-39(44)48-36(24-14-28-45(48)49)32-15-13-20-35(29-32)51-43-26-11-8-22-38(43)41-30-46-40(31-47(41)51)37-21-7-10-25-42(37)50(46)34-18-5-2-6-19-34/h1-31H. The Kier molecular flexibility index (Phi) is 5.96. The van der Waals surface area contributed by atoms with Crippen LogP contribution in [0.5, 0.6) is 0 Å². The monoisotopic (exact) mass is 649 g/mol. The molecular weight excluding hydrogens is 619 g/mol. The maximum absolute atomic E-state index is 2.45. The summed E-state index contributed by atoms with van der Waals surface area (Å²) in [5, 5.41) is 7.53. The maximum atomic E-state index is 2.45. The van der Waals surface area contributed by atoms with Gasteiger partial charge in [-0.3, -0.25) is 0 Å². The number of rotatable bonds is 4. The third kappa shape index (κ3) is 4.06. The van der Waals surface area contributed by atoms with E-state index in [4.69, 9.17) is 0 Å². The van der Waals surface area contributed by atoms with Crippen molar-refractivity contribution in [1.29, 1.82) is 0 Å². The molecule has 0 aliphatic carbocycles. The van der Waals surface area contributed by atoms with Crippen molar-refractivity contribution in [1.82, 2.24) is 13.7 Å². The smallest absolute Gasteiger partial charge is 0.0548 e. The number of fused-ring (bicyclic) bond motifs is 9. The topological polar surface area (TPSA) is 14.8 Å². The molecule has 0 bridgehead atoms. The molecule has 0 fully saturated rings. The van der Waals surface area contributed by atoms with E-state index in [1.165, 1.54) is 87.9 Å². The molecule has 3 heteroatoms. The lowest BCUT2D eigenvalue weighted by atomic mass is 9.99. The molecule has 0 aliphatic heterocycles. The van der Waals surface area contributed by atoms with Crippen LogP contribution in [0.2, 0.25) is 0 Å². The Morgan fingerprint density at radius 3 is 1.29 bits per heavy atom. The van der Waals surface area contributed by atoms with Crippen molar-refractivity contribution < 1.29 is 0 Å². The van der Waals surface area contributed by atoms with Crippen LogP contribution in [0.4, 0.5) is 0 Å². The van der Waals surface area contributed by atoms with E-state index in [-0.39, 0.29) is 0 Å². The zero-order chi connectivity index (χ0) is 33.5. The first-order valence-corrected chi connectivity index (χ1v) is 17.5. The van der Waals surface area contributed by atoms with E-state index >= 15 is 0 Å². The van der Waals surface area contributed by atoms with Crippen molar-refractivity contribution in [3.8, 4) is 28.2 Å². The average molecular weight is 650 g/mol. The van der Waals surface area contributed by atoms with E-state index in [1.807, 2.05) is 0 Å². The minimum atomic E-state index is 1.15. The van der Waals surface area contributed by atoms with Crippen LogP contribution in [0, 0.1) is 0 Å². The Labute approximate surface area is 294 Å². The van der Waals surface area contributed by atoms with E-state index in [0.29, 0.717) is 0 Å². The van der Waals surface area contributed by atoms with E-state index < -0.39 is 0 Å². The molecule has 0 amide bonds. The first-order valence-electron chi connectivity index (χ1n) is 17.5. The van der Waals surface area contributed by atoms with Gasteiger partial charge >= 0.3 is 0 Å². The first kappa shape index (κ1) is 28.0. The highest BCUT2D eigenvalue weighted by Gasteiger charge is 2.20. The second-order valence-electron chi connectivity index (χ2n) is 13.4. The van der Waals surface area contributed by atoms with Gasteiger partial charge in [-0.2, -0.15) is 0 Å². The predicted octanol–water partition coefficient (Wildman–Crippen LogP) is 12.6. The van der Waals surface area contributed by atoms with E-state index in [1.54, 1.807) is 0 Å². The Balaban J connectivity index is 1.18. The SMILES string of the molecule is c1ccc(-n2c3ccccc3c3cc4c(cc32)c2ccccc2n4-c2cccc(-c3cccc4c3c3ccccc3n4-c3ccccc3)c2)cc1. The molecule has 0 atom stereocenters. The molecule has 0 saturated carbocycles. The second-order valence-corrected chi connectivity index (χ2v) is 13.4.